The Balaban J connectivity index is 2.00. The van der Waals surface area contributed by atoms with Gasteiger partial charge in [-0.05, 0) is 5.67 Å². The van der Waals surface area contributed by atoms with E-state index in [1.165, 1.54) is 5.67 Å². The summed E-state index contributed by atoms with van der Waals surface area (Å²) in [6.45, 7) is 0. The van der Waals surface area contributed by atoms with E-state index in [1.807, 2.05) is 0 Å². The van der Waals surface area contributed by atoms with Crippen LogP contribution in [0, 0.1) is 0 Å². The average molecular weight is 136 g/mol. The van der Waals surface area contributed by atoms with Crippen LogP contribution in [-0.2, 0) is 8.23 Å². The van der Waals surface area contributed by atoms with Gasteiger partial charge in [-0.25, -0.2) is 0 Å². The lowest BCUT2D eigenvalue weighted by molar-refractivity contribution is 0.478. The van der Waals surface area contributed by atoms with Crippen molar-refractivity contribution in [2.24, 2.45) is 0 Å². The van der Waals surface area contributed by atoms with Gasteiger partial charge in [-0.2, -0.15) is 0 Å². The number of hydrogen-bond acceptors (Lipinski definition) is 2. The molecule has 0 atom stereocenters. The first-order valence-corrected chi connectivity index (χ1v) is 6.46. The molecule has 0 aliphatic carbocycles. The zero-order valence-electron chi connectivity index (χ0n) is 3.64. The van der Waals surface area contributed by atoms with E-state index in [-0.39, 0.29) is 29.5 Å². The highest BCUT2D eigenvalue weighted by atomic mass is 28.4. The Bertz CT molecular complexity index is 24.3. The van der Waals surface area contributed by atoms with E-state index < -0.39 is 0 Å². The maximum atomic E-state index is 5.16. The molecule has 1 fully saturated rings. The average Bonchev–Trinajstić information content (AvgIpc) is 1.72. The molecule has 0 aromatic heterocycles. The third-order valence-corrected chi connectivity index (χ3v) is 6.70. The second-order valence-corrected chi connectivity index (χ2v) is 8.43. The standard InChI is InChI=1S/CH8O2Si3/c1-4-2-6-3-5-1/h1,4-6H2. The van der Waals surface area contributed by atoms with Crippen LogP contribution in [0.3, 0.4) is 0 Å². The van der Waals surface area contributed by atoms with Crippen LogP contribution in [0.5, 0.6) is 0 Å². The first-order valence-electron chi connectivity index (χ1n) is 2.15. The van der Waals surface area contributed by atoms with Crippen molar-refractivity contribution in [3.8, 4) is 0 Å². The number of hydrogen-bond donors (Lipinski definition) is 0. The molecule has 0 N–H and O–H groups in total. The molecule has 2 nitrogen and oxygen atoms in total. The summed E-state index contributed by atoms with van der Waals surface area (Å²) in [5.74, 6) is 0. The lowest BCUT2D eigenvalue weighted by Crippen LogP contribution is -2.19. The first kappa shape index (κ1) is 4.72. The van der Waals surface area contributed by atoms with Crippen LogP contribution < -0.4 is 0 Å². The van der Waals surface area contributed by atoms with Crippen LogP contribution in [0.1, 0.15) is 0 Å². The highest BCUT2D eigenvalue weighted by molar-refractivity contribution is 6.59. The highest BCUT2D eigenvalue weighted by Crippen LogP contribution is 1.84. The second kappa shape index (κ2) is 2.70. The van der Waals surface area contributed by atoms with Crippen molar-refractivity contribution in [3.05, 3.63) is 0 Å². The molecule has 0 aromatic rings. The molecule has 1 aliphatic heterocycles. The zero-order chi connectivity index (χ0) is 4.24. The van der Waals surface area contributed by atoms with E-state index in [0.717, 1.165) is 0 Å². The fourth-order valence-electron chi connectivity index (χ4n) is 0.440. The fourth-order valence-corrected chi connectivity index (χ4v) is 8.69. The van der Waals surface area contributed by atoms with Crippen molar-refractivity contribution in [1.82, 2.24) is 0 Å². The van der Waals surface area contributed by atoms with E-state index in [0.29, 0.717) is 0 Å². The number of rotatable bonds is 0. The third kappa shape index (κ3) is 1.35. The predicted molar refractivity (Wildman–Crippen MR) is 32.6 cm³/mol. The lowest BCUT2D eigenvalue weighted by atomic mass is 11.9. The van der Waals surface area contributed by atoms with E-state index in [2.05, 4.69) is 0 Å². The molecule has 0 aromatic carbocycles. The van der Waals surface area contributed by atoms with Crippen molar-refractivity contribution in [1.29, 1.82) is 0 Å². The molecule has 0 unspecified atom stereocenters. The van der Waals surface area contributed by atoms with Crippen molar-refractivity contribution in [3.63, 3.8) is 0 Å². The molecular formula is CH8O2Si3. The predicted octanol–water partition coefficient (Wildman–Crippen LogP) is -2.42. The second-order valence-electron chi connectivity index (χ2n) is 1.29. The molecule has 0 radical (unpaired) electrons. The van der Waals surface area contributed by atoms with E-state index in [9.17, 15) is 0 Å². The van der Waals surface area contributed by atoms with E-state index in [4.69, 9.17) is 8.23 Å². The minimum absolute atomic E-state index is 0.00694. The Morgan fingerprint density at radius 3 is 2.00 bits per heavy atom. The topological polar surface area (TPSA) is 18.5 Å². The van der Waals surface area contributed by atoms with Gasteiger partial charge in [0.15, 0.2) is 0 Å². The van der Waals surface area contributed by atoms with Gasteiger partial charge in [-0.3, -0.25) is 0 Å². The summed E-state index contributed by atoms with van der Waals surface area (Å²) >= 11 is 0. The minimum atomic E-state index is -0.368. The van der Waals surface area contributed by atoms with Gasteiger partial charge in [0.05, 0.1) is 0 Å². The molecule has 0 spiro atoms. The van der Waals surface area contributed by atoms with Crippen molar-refractivity contribution >= 4 is 29.5 Å². The molecule has 0 saturated carbocycles. The lowest BCUT2D eigenvalue weighted by Gasteiger charge is -2.08. The smallest absolute Gasteiger partial charge is 0.283 e. The van der Waals surface area contributed by atoms with Gasteiger partial charge in [-0.15, -0.1) is 0 Å². The zero-order valence-corrected chi connectivity index (χ0v) is 7.89. The summed E-state index contributed by atoms with van der Waals surface area (Å²) in [5, 5.41) is 0. The SMILES string of the molecule is C1[SiH2]O[SiH2]O[SiH2]1. The normalized spacial score (nSPS) is 36.0. The van der Waals surface area contributed by atoms with Gasteiger partial charge in [-0.1, -0.05) is 0 Å². The molecule has 1 rings (SSSR count). The van der Waals surface area contributed by atoms with Gasteiger partial charge in [0.1, 0.15) is 19.5 Å². The molecule has 5 heteroatoms. The van der Waals surface area contributed by atoms with Crippen molar-refractivity contribution in [2.45, 2.75) is 5.67 Å². The molecule has 1 saturated heterocycles. The summed E-state index contributed by atoms with van der Waals surface area (Å²) in [4.78, 5) is 0. The molecule has 1 aliphatic rings. The van der Waals surface area contributed by atoms with E-state index in [1.54, 1.807) is 0 Å². The van der Waals surface area contributed by atoms with Gasteiger partial charge >= 0.3 is 0 Å². The largest absolute Gasteiger partial charge is 0.447 e. The molecule has 6 heavy (non-hydrogen) atoms. The van der Waals surface area contributed by atoms with Crippen LogP contribution in [0.25, 0.3) is 0 Å². The maximum Gasteiger partial charge on any atom is 0.283 e. The van der Waals surface area contributed by atoms with Gasteiger partial charge in [0.25, 0.3) is 10.0 Å². The Labute approximate surface area is 44.2 Å². The van der Waals surface area contributed by atoms with Crippen LogP contribution in [0.2, 0.25) is 5.67 Å². The molecular weight excluding hydrogens is 128 g/mol. The first-order chi connectivity index (χ1) is 3.00. The Hall–Kier alpha value is 0.571. The summed E-state index contributed by atoms with van der Waals surface area (Å²) < 4.78 is 10.3. The summed E-state index contributed by atoms with van der Waals surface area (Å²) in [6, 6.07) is 0. The van der Waals surface area contributed by atoms with Gasteiger partial charge in [0.2, 0.25) is 0 Å². The minimum Gasteiger partial charge on any atom is -0.447 e. The maximum absolute atomic E-state index is 5.16. The van der Waals surface area contributed by atoms with Gasteiger partial charge in [0, 0.05) is 0 Å². The Kier molecular flexibility index (Phi) is 2.12. The quantitative estimate of drug-likeness (QED) is 0.345. The van der Waals surface area contributed by atoms with Crippen LogP contribution in [-0.4, -0.2) is 29.5 Å². The molecule has 0 amide bonds. The van der Waals surface area contributed by atoms with Gasteiger partial charge < -0.3 is 8.23 Å². The van der Waals surface area contributed by atoms with E-state index >= 15 is 0 Å². The van der Waals surface area contributed by atoms with Crippen molar-refractivity contribution in [2.75, 3.05) is 0 Å². The summed E-state index contributed by atoms with van der Waals surface area (Å²) in [5.41, 5.74) is 1.37. The Morgan fingerprint density at radius 1 is 1.17 bits per heavy atom. The van der Waals surface area contributed by atoms with Crippen LogP contribution >= 0.6 is 0 Å². The Morgan fingerprint density at radius 2 is 1.83 bits per heavy atom. The molecule has 36 valence electrons. The van der Waals surface area contributed by atoms with Crippen molar-refractivity contribution < 1.29 is 8.23 Å². The van der Waals surface area contributed by atoms with Crippen LogP contribution in [0.4, 0.5) is 0 Å². The molecule has 0 bridgehead atoms. The fraction of sp³-hybridized carbons (Fsp3) is 1.00. The van der Waals surface area contributed by atoms with Crippen LogP contribution in [0.15, 0.2) is 0 Å². The molecule has 1 heterocycles. The summed E-state index contributed by atoms with van der Waals surface area (Å²) in [6.07, 6.45) is 0. The highest BCUT2D eigenvalue weighted by Gasteiger charge is 1.97. The monoisotopic (exact) mass is 136 g/mol. The summed E-state index contributed by atoms with van der Waals surface area (Å²) in [7, 11) is -0.354. The third-order valence-electron chi connectivity index (χ3n) is 0.744.